The fourth-order valence-corrected chi connectivity index (χ4v) is 4.03. The molecule has 3 aromatic rings. The van der Waals surface area contributed by atoms with Crippen LogP contribution in [0.25, 0.3) is 0 Å². The molecule has 3 rings (SSSR count). The number of methoxy groups -OCH3 is 1. The summed E-state index contributed by atoms with van der Waals surface area (Å²) >= 11 is 2.12. The second-order valence-corrected chi connectivity index (χ2v) is 9.07. The molecule has 2 N–H and O–H groups in total. The van der Waals surface area contributed by atoms with E-state index in [9.17, 15) is 14.9 Å². The maximum atomic E-state index is 12.1. The third-order valence-corrected chi connectivity index (χ3v) is 6.08. The number of benzene rings is 3. The Balaban J connectivity index is 1.58. The summed E-state index contributed by atoms with van der Waals surface area (Å²) in [4.78, 5) is 24.3. The van der Waals surface area contributed by atoms with E-state index >= 15 is 0 Å². The number of halogens is 1. The smallest absolute Gasteiger partial charge is 0.249 e. The molecule has 0 atom stereocenters. The van der Waals surface area contributed by atoms with Crippen molar-refractivity contribution >= 4 is 46.3 Å². The first-order valence-electron chi connectivity index (χ1n) is 11.0. The second kappa shape index (κ2) is 12.7. The lowest BCUT2D eigenvalue weighted by Crippen LogP contribution is -2.24. The zero-order valence-electron chi connectivity index (χ0n) is 20.1. The van der Waals surface area contributed by atoms with Crippen molar-refractivity contribution in [3.63, 3.8) is 0 Å². The predicted molar refractivity (Wildman–Crippen MR) is 146 cm³/mol. The maximum Gasteiger partial charge on any atom is 0.249 e. The van der Waals surface area contributed by atoms with E-state index in [-0.39, 0.29) is 13.0 Å². The molecule has 0 saturated heterocycles. The third-order valence-electron chi connectivity index (χ3n) is 5.28. The number of nitrogens with zero attached hydrogens (tertiary/aromatic N) is 2. The van der Waals surface area contributed by atoms with Gasteiger partial charge in [0.15, 0.2) is 11.5 Å². The van der Waals surface area contributed by atoms with Gasteiger partial charge in [0.05, 0.1) is 28.5 Å². The Hall–Kier alpha value is -3.91. The first-order chi connectivity index (χ1) is 17.3. The van der Waals surface area contributed by atoms with Crippen LogP contribution in [0, 0.1) is 28.7 Å². The summed E-state index contributed by atoms with van der Waals surface area (Å²) < 4.78 is 12.2. The van der Waals surface area contributed by atoms with E-state index in [0.717, 1.165) is 20.3 Å². The monoisotopic (exact) mass is 596 g/mol. The SMILES string of the molecule is COc1cc(C=NNC(=O)CC(=O)Nc2ccc(C)c(C)c2)cc(I)c1OCc1ccccc1C#N. The number of nitrogens with one attached hydrogen (secondary N) is 2. The summed E-state index contributed by atoms with van der Waals surface area (Å²) in [5.41, 5.74) is 7.16. The number of carbonyl (C=O) groups is 2. The molecule has 0 aromatic heterocycles. The van der Waals surface area contributed by atoms with E-state index in [1.807, 2.05) is 44.2 Å². The van der Waals surface area contributed by atoms with Gasteiger partial charge in [0.25, 0.3) is 0 Å². The molecule has 0 aliphatic rings. The van der Waals surface area contributed by atoms with E-state index in [4.69, 9.17) is 9.47 Å². The number of carbonyl (C=O) groups excluding carboxylic acids is 2. The molecule has 3 aromatic carbocycles. The molecule has 36 heavy (non-hydrogen) atoms. The quantitative estimate of drug-likeness (QED) is 0.159. The Bertz CT molecular complexity index is 1350. The topological polar surface area (TPSA) is 113 Å². The summed E-state index contributed by atoms with van der Waals surface area (Å²) in [5.74, 6) is 0.0546. The maximum absolute atomic E-state index is 12.1. The van der Waals surface area contributed by atoms with Crippen LogP contribution < -0.4 is 20.2 Å². The van der Waals surface area contributed by atoms with E-state index in [1.165, 1.54) is 13.3 Å². The van der Waals surface area contributed by atoms with Gasteiger partial charge in [0.1, 0.15) is 13.0 Å². The number of amides is 2. The highest BCUT2D eigenvalue weighted by atomic mass is 127. The number of hydrogen-bond donors (Lipinski definition) is 2. The van der Waals surface area contributed by atoms with Gasteiger partial charge in [-0.1, -0.05) is 24.3 Å². The first-order valence-corrected chi connectivity index (χ1v) is 12.1. The molecule has 0 aliphatic heterocycles. The minimum Gasteiger partial charge on any atom is -0.493 e. The van der Waals surface area contributed by atoms with Gasteiger partial charge >= 0.3 is 0 Å². The summed E-state index contributed by atoms with van der Waals surface area (Å²) in [7, 11) is 1.53. The normalized spacial score (nSPS) is 10.5. The molecular formula is C27H25IN4O4. The molecule has 0 fully saturated rings. The molecule has 2 amide bonds. The van der Waals surface area contributed by atoms with Crippen LogP contribution in [0.4, 0.5) is 5.69 Å². The summed E-state index contributed by atoms with van der Waals surface area (Å²) in [5, 5.41) is 15.9. The number of anilines is 1. The van der Waals surface area contributed by atoms with Crippen molar-refractivity contribution in [2.75, 3.05) is 12.4 Å². The lowest BCUT2D eigenvalue weighted by molar-refractivity contribution is -0.126. The van der Waals surface area contributed by atoms with Crippen LogP contribution in [0.5, 0.6) is 11.5 Å². The summed E-state index contributed by atoms with van der Waals surface area (Å²) in [6, 6.07) is 18.5. The highest BCUT2D eigenvalue weighted by Crippen LogP contribution is 2.34. The number of hydrazone groups is 1. The molecule has 9 heteroatoms. The highest BCUT2D eigenvalue weighted by Gasteiger charge is 2.13. The molecule has 0 saturated carbocycles. The van der Waals surface area contributed by atoms with Gasteiger partial charge in [-0.2, -0.15) is 10.4 Å². The molecule has 0 heterocycles. The fourth-order valence-electron chi connectivity index (χ4n) is 3.25. The molecule has 0 radical (unpaired) electrons. The van der Waals surface area contributed by atoms with Crippen molar-refractivity contribution in [2.24, 2.45) is 5.10 Å². The summed E-state index contributed by atoms with van der Waals surface area (Å²) in [6.07, 6.45) is 1.10. The van der Waals surface area contributed by atoms with Gasteiger partial charge in [-0.05, 0) is 83.5 Å². The molecule has 0 aliphatic carbocycles. The van der Waals surface area contributed by atoms with Gasteiger partial charge in [-0.15, -0.1) is 0 Å². The van der Waals surface area contributed by atoms with Gasteiger partial charge in [-0.25, -0.2) is 5.43 Å². The lowest BCUT2D eigenvalue weighted by Gasteiger charge is -2.14. The van der Waals surface area contributed by atoms with Crippen molar-refractivity contribution in [3.05, 3.63) is 86.0 Å². The van der Waals surface area contributed by atoms with Gasteiger partial charge < -0.3 is 14.8 Å². The number of ether oxygens (including phenoxy) is 2. The minimum atomic E-state index is -0.537. The van der Waals surface area contributed by atoms with Crippen molar-refractivity contribution in [1.29, 1.82) is 5.26 Å². The van der Waals surface area contributed by atoms with E-state index < -0.39 is 11.8 Å². The van der Waals surface area contributed by atoms with Crippen molar-refractivity contribution in [1.82, 2.24) is 5.43 Å². The van der Waals surface area contributed by atoms with E-state index in [1.54, 1.807) is 24.3 Å². The van der Waals surface area contributed by atoms with Gasteiger partial charge in [-0.3, -0.25) is 9.59 Å². The minimum absolute atomic E-state index is 0.212. The van der Waals surface area contributed by atoms with Crippen LogP contribution in [-0.4, -0.2) is 25.1 Å². The van der Waals surface area contributed by atoms with Crippen molar-refractivity contribution < 1.29 is 19.1 Å². The first kappa shape index (κ1) is 26.7. The Morgan fingerprint density at radius 3 is 2.58 bits per heavy atom. The Morgan fingerprint density at radius 1 is 1.08 bits per heavy atom. The number of rotatable bonds is 9. The molecule has 184 valence electrons. The highest BCUT2D eigenvalue weighted by molar-refractivity contribution is 14.1. The average Bonchev–Trinajstić information content (AvgIpc) is 2.85. The zero-order valence-corrected chi connectivity index (χ0v) is 22.3. The molecule has 8 nitrogen and oxygen atoms in total. The Morgan fingerprint density at radius 2 is 1.86 bits per heavy atom. The molecule has 0 unspecified atom stereocenters. The zero-order chi connectivity index (χ0) is 26.1. The lowest BCUT2D eigenvalue weighted by atomic mass is 10.1. The molecule has 0 bridgehead atoms. The number of aryl methyl sites for hydroxylation is 2. The largest absolute Gasteiger partial charge is 0.493 e. The van der Waals surface area contributed by atoms with E-state index in [0.29, 0.717) is 28.3 Å². The van der Waals surface area contributed by atoms with E-state index in [2.05, 4.69) is 44.5 Å². The second-order valence-electron chi connectivity index (χ2n) is 7.91. The molecule has 0 spiro atoms. The number of nitriles is 1. The standard InChI is InChI=1S/C27H25IN4O4/c1-17-8-9-22(10-18(17)2)31-25(33)13-26(34)32-30-15-19-11-23(28)27(24(12-19)35-3)36-16-21-7-5-4-6-20(21)14-29/h4-12,15H,13,16H2,1-3H3,(H,31,33)(H,32,34). The van der Waals surface area contributed by atoms with Crippen molar-refractivity contribution in [2.45, 2.75) is 26.9 Å². The fraction of sp³-hybridized carbons (Fsp3) is 0.185. The van der Waals surface area contributed by atoms with Crippen LogP contribution in [0.2, 0.25) is 0 Å². The number of hydrogen-bond acceptors (Lipinski definition) is 6. The Labute approximate surface area is 223 Å². The summed E-state index contributed by atoms with van der Waals surface area (Å²) in [6.45, 7) is 4.15. The van der Waals surface area contributed by atoms with Crippen LogP contribution in [-0.2, 0) is 16.2 Å². The van der Waals surface area contributed by atoms with Crippen LogP contribution in [0.1, 0.15) is 34.2 Å². The van der Waals surface area contributed by atoms with Gasteiger partial charge in [0.2, 0.25) is 11.8 Å². The third kappa shape index (κ3) is 7.29. The van der Waals surface area contributed by atoms with Crippen LogP contribution in [0.3, 0.4) is 0 Å². The van der Waals surface area contributed by atoms with Gasteiger partial charge in [0, 0.05) is 11.3 Å². The molecular weight excluding hydrogens is 571 g/mol. The van der Waals surface area contributed by atoms with Crippen LogP contribution >= 0.6 is 22.6 Å². The Kier molecular flexibility index (Phi) is 9.41. The predicted octanol–water partition coefficient (Wildman–Crippen LogP) is 4.85. The van der Waals surface area contributed by atoms with Crippen LogP contribution in [0.15, 0.2) is 59.7 Å². The average molecular weight is 596 g/mol. The van der Waals surface area contributed by atoms with Crippen molar-refractivity contribution in [3.8, 4) is 17.6 Å².